The van der Waals surface area contributed by atoms with Crippen LogP contribution in [-0.4, -0.2) is 22.8 Å². The fourth-order valence-corrected chi connectivity index (χ4v) is 9.02. The van der Waals surface area contributed by atoms with E-state index < -0.39 is 8.56 Å². The van der Waals surface area contributed by atoms with Gasteiger partial charge in [-0.2, -0.15) is 0 Å². The standard InChI is InChI=1S/C14H28O2Si/c1-13(2,3)11-17(15-4,16-5)14-8-6-12(10-14)7-9-14/h12H,6-11H2,1-5H3. The summed E-state index contributed by atoms with van der Waals surface area (Å²) in [6.45, 7) is 6.93. The summed E-state index contributed by atoms with van der Waals surface area (Å²) in [4.78, 5) is 0. The molecule has 0 aromatic rings. The van der Waals surface area contributed by atoms with Gasteiger partial charge in [0, 0.05) is 19.3 Å². The molecule has 17 heavy (non-hydrogen) atoms. The van der Waals surface area contributed by atoms with E-state index in [4.69, 9.17) is 8.85 Å². The van der Waals surface area contributed by atoms with Crippen LogP contribution in [0.5, 0.6) is 0 Å². The van der Waals surface area contributed by atoms with Crippen LogP contribution in [0, 0.1) is 11.3 Å². The highest BCUT2D eigenvalue weighted by molar-refractivity contribution is 6.71. The Morgan fingerprint density at radius 3 is 1.94 bits per heavy atom. The van der Waals surface area contributed by atoms with Crippen LogP contribution in [0.15, 0.2) is 0 Å². The van der Waals surface area contributed by atoms with Crippen LogP contribution in [-0.2, 0) is 8.85 Å². The summed E-state index contributed by atoms with van der Waals surface area (Å²) in [7, 11) is 1.73. The number of hydrogen-bond donors (Lipinski definition) is 0. The summed E-state index contributed by atoms with van der Waals surface area (Å²) in [5, 5.41) is 0.425. The quantitative estimate of drug-likeness (QED) is 0.705. The van der Waals surface area contributed by atoms with Gasteiger partial charge in [-0.15, -0.1) is 0 Å². The van der Waals surface area contributed by atoms with Gasteiger partial charge < -0.3 is 8.85 Å². The minimum atomic E-state index is -2.05. The first-order chi connectivity index (χ1) is 7.86. The Morgan fingerprint density at radius 1 is 1.12 bits per heavy atom. The molecule has 0 heterocycles. The van der Waals surface area contributed by atoms with E-state index in [9.17, 15) is 0 Å². The smallest absolute Gasteiger partial charge is 0.344 e. The molecule has 100 valence electrons. The molecule has 0 saturated heterocycles. The van der Waals surface area contributed by atoms with E-state index in [-0.39, 0.29) is 0 Å². The first-order valence-corrected chi connectivity index (χ1v) is 8.99. The van der Waals surface area contributed by atoms with Gasteiger partial charge in [-0.25, -0.2) is 0 Å². The van der Waals surface area contributed by atoms with Gasteiger partial charge in [0.05, 0.1) is 0 Å². The van der Waals surface area contributed by atoms with Crippen LogP contribution in [0.25, 0.3) is 0 Å². The maximum absolute atomic E-state index is 6.08. The van der Waals surface area contributed by atoms with Crippen molar-refractivity contribution in [3.63, 3.8) is 0 Å². The third-order valence-electron chi connectivity index (χ3n) is 4.97. The third-order valence-corrected chi connectivity index (χ3v) is 10.1. The second-order valence-electron chi connectivity index (χ2n) is 7.33. The van der Waals surface area contributed by atoms with Gasteiger partial charge >= 0.3 is 8.56 Å². The Morgan fingerprint density at radius 2 is 1.65 bits per heavy atom. The lowest BCUT2D eigenvalue weighted by molar-refractivity contribution is 0.185. The highest BCUT2D eigenvalue weighted by Crippen LogP contribution is 2.66. The van der Waals surface area contributed by atoms with E-state index in [2.05, 4.69) is 20.8 Å². The van der Waals surface area contributed by atoms with Gasteiger partial charge in [-0.1, -0.05) is 33.6 Å². The van der Waals surface area contributed by atoms with Crippen molar-refractivity contribution in [1.82, 2.24) is 0 Å². The van der Waals surface area contributed by atoms with Crippen molar-refractivity contribution in [3.8, 4) is 0 Å². The van der Waals surface area contributed by atoms with Crippen LogP contribution in [0.1, 0.15) is 52.9 Å². The zero-order chi connectivity index (χ0) is 12.7. The zero-order valence-corrected chi connectivity index (χ0v) is 13.1. The fourth-order valence-electron chi connectivity index (χ4n) is 4.27. The molecule has 3 heteroatoms. The van der Waals surface area contributed by atoms with Gasteiger partial charge in [0.15, 0.2) is 0 Å². The molecule has 0 spiro atoms. The Balaban J connectivity index is 2.27. The molecule has 0 aromatic heterocycles. The Bertz CT molecular complexity index is 270. The highest BCUT2D eigenvalue weighted by atomic mass is 28.4. The average Bonchev–Trinajstić information content (AvgIpc) is 2.86. The number of fused-ring (bicyclic) bond motifs is 2. The normalized spacial score (nSPS) is 33.4. The molecule has 0 aliphatic heterocycles. The summed E-state index contributed by atoms with van der Waals surface area (Å²) in [6.07, 6.45) is 6.89. The van der Waals surface area contributed by atoms with E-state index in [1.165, 1.54) is 32.1 Å². The predicted molar refractivity (Wildman–Crippen MR) is 73.3 cm³/mol. The van der Waals surface area contributed by atoms with Crippen LogP contribution in [0.3, 0.4) is 0 Å². The lowest BCUT2D eigenvalue weighted by atomic mass is 9.99. The predicted octanol–water partition coefficient (Wildman–Crippen LogP) is 4.10. The van der Waals surface area contributed by atoms with Crippen LogP contribution >= 0.6 is 0 Å². The molecule has 2 aliphatic carbocycles. The fraction of sp³-hybridized carbons (Fsp3) is 1.00. The van der Waals surface area contributed by atoms with Crippen LogP contribution in [0.2, 0.25) is 11.1 Å². The zero-order valence-electron chi connectivity index (χ0n) is 12.1. The highest BCUT2D eigenvalue weighted by Gasteiger charge is 2.62. The van der Waals surface area contributed by atoms with Crippen molar-refractivity contribution >= 4 is 8.56 Å². The minimum Gasteiger partial charge on any atom is -0.397 e. The SMILES string of the molecule is CO[Si](CC(C)(C)C)(OC)C12CCC(CC1)C2. The molecule has 2 fully saturated rings. The van der Waals surface area contributed by atoms with Gasteiger partial charge in [0.25, 0.3) is 0 Å². The first-order valence-electron chi connectivity index (χ1n) is 6.97. The van der Waals surface area contributed by atoms with Crippen molar-refractivity contribution in [2.45, 2.75) is 64.0 Å². The summed E-state index contributed by atoms with van der Waals surface area (Å²) in [6, 6.07) is 1.12. The van der Waals surface area contributed by atoms with Gasteiger partial charge in [-0.3, -0.25) is 0 Å². The monoisotopic (exact) mass is 256 g/mol. The summed E-state index contributed by atoms with van der Waals surface area (Å²) < 4.78 is 12.2. The van der Waals surface area contributed by atoms with E-state index in [1.54, 1.807) is 0 Å². The van der Waals surface area contributed by atoms with Gasteiger partial charge in [0.1, 0.15) is 0 Å². The molecule has 2 bridgehead atoms. The Hall–Kier alpha value is 0.137. The molecule has 0 unspecified atom stereocenters. The molecule has 0 atom stereocenters. The van der Waals surface area contributed by atoms with Gasteiger partial charge in [-0.05, 0) is 36.6 Å². The molecular formula is C14H28O2Si. The Labute approximate surface area is 107 Å². The van der Waals surface area contributed by atoms with E-state index in [1.807, 2.05) is 14.2 Å². The largest absolute Gasteiger partial charge is 0.397 e. The molecule has 2 aliphatic rings. The first kappa shape index (κ1) is 13.6. The van der Waals surface area contributed by atoms with Crippen molar-refractivity contribution in [2.75, 3.05) is 14.2 Å². The molecule has 0 radical (unpaired) electrons. The molecule has 2 saturated carbocycles. The van der Waals surface area contributed by atoms with Crippen LogP contribution < -0.4 is 0 Å². The Kier molecular flexibility index (Phi) is 3.48. The van der Waals surface area contributed by atoms with E-state index >= 15 is 0 Å². The van der Waals surface area contributed by atoms with Crippen molar-refractivity contribution in [1.29, 1.82) is 0 Å². The summed E-state index contributed by atoms with van der Waals surface area (Å²) in [5.41, 5.74) is 0.299. The maximum atomic E-state index is 6.08. The molecular weight excluding hydrogens is 228 g/mol. The molecule has 0 N–H and O–H groups in total. The maximum Gasteiger partial charge on any atom is 0.344 e. The molecule has 0 amide bonds. The number of rotatable bonds is 4. The second-order valence-corrected chi connectivity index (χ2v) is 11.1. The van der Waals surface area contributed by atoms with E-state index in [0.717, 1.165) is 12.0 Å². The van der Waals surface area contributed by atoms with Gasteiger partial charge in [0.2, 0.25) is 0 Å². The number of hydrogen-bond acceptors (Lipinski definition) is 2. The molecule has 0 aromatic carbocycles. The molecule has 2 rings (SSSR count). The topological polar surface area (TPSA) is 18.5 Å². The summed E-state index contributed by atoms with van der Waals surface area (Å²) in [5.74, 6) is 0.965. The lowest BCUT2D eigenvalue weighted by Crippen LogP contribution is -2.53. The van der Waals surface area contributed by atoms with Crippen molar-refractivity contribution in [3.05, 3.63) is 0 Å². The van der Waals surface area contributed by atoms with E-state index in [0.29, 0.717) is 10.5 Å². The minimum absolute atomic E-state index is 0.299. The van der Waals surface area contributed by atoms with Crippen molar-refractivity contribution in [2.24, 2.45) is 11.3 Å². The summed E-state index contributed by atoms with van der Waals surface area (Å²) >= 11 is 0. The molecule has 2 nitrogen and oxygen atoms in total. The average molecular weight is 256 g/mol. The second kappa shape index (κ2) is 4.36. The third kappa shape index (κ3) is 2.22. The van der Waals surface area contributed by atoms with Crippen LogP contribution in [0.4, 0.5) is 0 Å². The lowest BCUT2D eigenvalue weighted by Gasteiger charge is -2.45. The van der Waals surface area contributed by atoms with Crippen molar-refractivity contribution < 1.29 is 8.85 Å².